The van der Waals surface area contributed by atoms with E-state index in [-0.39, 0.29) is 6.10 Å². The molecule has 0 amide bonds. The van der Waals surface area contributed by atoms with E-state index in [0.717, 1.165) is 56.8 Å². The first-order valence-electron chi connectivity index (χ1n) is 9.24. The molecular formula is C18H27N5O. The molecule has 1 saturated carbocycles. The lowest BCUT2D eigenvalue weighted by atomic mass is 9.89. The van der Waals surface area contributed by atoms with Crippen molar-refractivity contribution in [3.63, 3.8) is 0 Å². The van der Waals surface area contributed by atoms with Gasteiger partial charge >= 0.3 is 0 Å². The maximum absolute atomic E-state index is 10.2. The van der Waals surface area contributed by atoms with Gasteiger partial charge in [0, 0.05) is 44.1 Å². The van der Waals surface area contributed by atoms with Crippen molar-refractivity contribution in [1.82, 2.24) is 24.6 Å². The van der Waals surface area contributed by atoms with Gasteiger partial charge in [0.15, 0.2) is 0 Å². The predicted octanol–water partition coefficient (Wildman–Crippen LogP) is 1.59. The van der Waals surface area contributed by atoms with Crippen LogP contribution in [0.1, 0.15) is 44.2 Å². The van der Waals surface area contributed by atoms with Crippen molar-refractivity contribution >= 4 is 5.78 Å². The Balaban J connectivity index is 1.29. The number of likely N-dealkylation sites (tertiary alicyclic amines) is 1. The van der Waals surface area contributed by atoms with Crippen LogP contribution in [0.4, 0.5) is 0 Å². The lowest BCUT2D eigenvalue weighted by Gasteiger charge is -2.41. The number of fused-ring (bicyclic) bond motifs is 1. The second-order valence-electron chi connectivity index (χ2n) is 7.15. The van der Waals surface area contributed by atoms with Gasteiger partial charge in [0.1, 0.15) is 0 Å². The molecule has 2 fully saturated rings. The number of aliphatic hydroxyl groups excluding tert-OH is 1. The first kappa shape index (κ1) is 16.0. The van der Waals surface area contributed by atoms with Crippen molar-refractivity contribution in [2.45, 2.75) is 63.3 Å². The average Bonchev–Trinajstić information content (AvgIpc) is 3.04. The fourth-order valence-corrected chi connectivity index (χ4v) is 4.21. The molecule has 2 atom stereocenters. The van der Waals surface area contributed by atoms with Crippen molar-refractivity contribution in [3.8, 4) is 0 Å². The molecule has 4 rings (SSSR count). The van der Waals surface area contributed by atoms with Crippen LogP contribution in [0.15, 0.2) is 24.7 Å². The van der Waals surface area contributed by atoms with Gasteiger partial charge < -0.3 is 10.4 Å². The van der Waals surface area contributed by atoms with Crippen molar-refractivity contribution < 1.29 is 5.11 Å². The number of aromatic nitrogens is 3. The Morgan fingerprint density at radius 3 is 2.79 bits per heavy atom. The maximum atomic E-state index is 10.2. The summed E-state index contributed by atoms with van der Waals surface area (Å²) < 4.78 is 2.04. The van der Waals surface area contributed by atoms with E-state index in [9.17, 15) is 5.11 Å². The molecule has 2 aromatic rings. The van der Waals surface area contributed by atoms with Gasteiger partial charge in [0.25, 0.3) is 0 Å². The van der Waals surface area contributed by atoms with Crippen LogP contribution in [0, 0.1) is 0 Å². The first-order valence-corrected chi connectivity index (χ1v) is 9.24. The third-order valence-corrected chi connectivity index (χ3v) is 5.63. The van der Waals surface area contributed by atoms with Crippen LogP contribution in [0.5, 0.6) is 0 Å². The second-order valence-corrected chi connectivity index (χ2v) is 7.15. The highest BCUT2D eigenvalue weighted by atomic mass is 16.3. The number of imidazole rings is 1. The number of nitrogens with one attached hydrogen (secondary N) is 1. The summed E-state index contributed by atoms with van der Waals surface area (Å²) >= 11 is 0. The van der Waals surface area contributed by atoms with Crippen LogP contribution in [0.3, 0.4) is 0 Å². The van der Waals surface area contributed by atoms with Gasteiger partial charge in [-0.3, -0.25) is 9.30 Å². The quantitative estimate of drug-likeness (QED) is 0.892. The van der Waals surface area contributed by atoms with Crippen molar-refractivity contribution in [3.05, 3.63) is 30.4 Å². The molecule has 1 aliphatic carbocycles. The molecular weight excluding hydrogens is 302 g/mol. The fourth-order valence-electron chi connectivity index (χ4n) is 4.21. The van der Waals surface area contributed by atoms with E-state index in [2.05, 4.69) is 20.2 Å². The molecule has 1 aliphatic heterocycles. The summed E-state index contributed by atoms with van der Waals surface area (Å²) in [6.07, 6.45) is 12.5. The molecule has 2 aromatic heterocycles. The van der Waals surface area contributed by atoms with Gasteiger partial charge in [0.05, 0.1) is 18.0 Å². The minimum Gasteiger partial charge on any atom is -0.391 e. The molecule has 0 spiro atoms. The molecule has 1 saturated heterocycles. The minimum atomic E-state index is -0.117. The second kappa shape index (κ2) is 7.17. The predicted molar refractivity (Wildman–Crippen MR) is 92.7 cm³/mol. The van der Waals surface area contributed by atoms with Gasteiger partial charge in [-0.1, -0.05) is 12.8 Å². The Labute approximate surface area is 142 Å². The Bertz CT molecular complexity index is 664. The normalized spacial score (nSPS) is 26.9. The van der Waals surface area contributed by atoms with E-state index in [4.69, 9.17) is 0 Å². The summed E-state index contributed by atoms with van der Waals surface area (Å²) in [5.74, 6) is 0.760. The van der Waals surface area contributed by atoms with Gasteiger partial charge in [-0.2, -0.15) is 0 Å². The number of rotatable bonds is 4. The maximum Gasteiger partial charge on any atom is 0.233 e. The molecule has 6 nitrogen and oxygen atoms in total. The summed E-state index contributed by atoms with van der Waals surface area (Å²) in [6.45, 7) is 3.01. The molecule has 130 valence electrons. The third kappa shape index (κ3) is 3.31. The lowest BCUT2D eigenvalue weighted by molar-refractivity contribution is 0.00712. The van der Waals surface area contributed by atoms with Crippen molar-refractivity contribution in [1.29, 1.82) is 0 Å². The zero-order valence-electron chi connectivity index (χ0n) is 14.1. The summed E-state index contributed by atoms with van der Waals surface area (Å²) in [5.41, 5.74) is 1.16. The van der Waals surface area contributed by atoms with Gasteiger partial charge in [-0.15, -0.1) is 0 Å². The fraction of sp³-hybridized carbons (Fsp3) is 0.667. The molecule has 0 radical (unpaired) electrons. The zero-order valence-corrected chi connectivity index (χ0v) is 14.1. The standard InChI is InChI=1S/C18H27N5O/c24-17-5-2-1-4-16(17)22-10-6-14(7-11-22)20-12-15-13-21-18-19-8-3-9-23(15)18/h3,8-9,13-14,16-17,20,24H,1-2,4-7,10-12H2. The number of nitrogens with zero attached hydrogens (tertiary/aromatic N) is 4. The first-order chi connectivity index (χ1) is 11.8. The van der Waals surface area contributed by atoms with Crippen molar-refractivity contribution in [2.24, 2.45) is 0 Å². The largest absolute Gasteiger partial charge is 0.391 e. The van der Waals surface area contributed by atoms with Gasteiger partial charge in [-0.05, 0) is 31.7 Å². The Morgan fingerprint density at radius 2 is 1.96 bits per heavy atom. The highest BCUT2D eigenvalue weighted by Crippen LogP contribution is 2.26. The van der Waals surface area contributed by atoms with Crippen LogP contribution in [0.25, 0.3) is 5.78 Å². The highest BCUT2D eigenvalue weighted by molar-refractivity contribution is 5.30. The number of aliphatic hydroxyl groups is 1. The summed E-state index contributed by atoms with van der Waals surface area (Å²) in [6, 6.07) is 2.88. The molecule has 3 heterocycles. The van der Waals surface area contributed by atoms with Crippen LogP contribution in [-0.2, 0) is 6.54 Å². The minimum absolute atomic E-state index is 0.117. The van der Waals surface area contributed by atoms with Crippen LogP contribution >= 0.6 is 0 Å². The monoisotopic (exact) mass is 329 g/mol. The van der Waals surface area contributed by atoms with E-state index < -0.39 is 0 Å². The summed E-state index contributed by atoms with van der Waals surface area (Å²) in [5, 5.41) is 13.9. The number of piperidine rings is 1. The van der Waals surface area contributed by atoms with E-state index >= 15 is 0 Å². The van der Waals surface area contributed by atoms with Crippen LogP contribution < -0.4 is 5.32 Å². The summed E-state index contributed by atoms with van der Waals surface area (Å²) in [7, 11) is 0. The SMILES string of the molecule is OC1CCCCC1N1CCC(NCc2cnc3ncccn23)CC1. The van der Waals surface area contributed by atoms with Crippen LogP contribution in [0.2, 0.25) is 0 Å². The Morgan fingerprint density at radius 1 is 1.12 bits per heavy atom. The molecule has 2 aliphatic rings. The molecule has 2 unspecified atom stereocenters. The van der Waals surface area contributed by atoms with E-state index in [1.807, 2.05) is 22.9 Å². The molecule has 0 aromatic carbocycles. The topological polar surface area (TPSA) is 65.7 Å². The lowest BCUT2D eigenvalue weighted by Crippen LogP contribution is -2.51. The van der Waals surface area contributed by atoms with E-state index in [1.165, 1.54) is 12.8 Å². The third-order valence-electron chi connectivity index (χ3n) is 5.63. The van der Waals surface area contributed by atoms with Crippen LogP contribution in [-0.4, -0.2) is 55.7 Å². The molecule has 0 bridgehead atoms. The molecule has 6 heteroatoms. The number of hydrogen-bond acceptors (Lipinski definition) is 5. The Kier molecular flexibility index (Phi) is 4.78. The van der Waals surface area contributed by atoms with Gasteiger partial charge in [-0.25, -0.2) is 9.97 Å². The van der Waals surface area contributed by atoms with Crippen molar-refractivity contribution in [2.75, 3.05) is 13.1 Å². The number of hydrogen-bond donors (Lipinski definition) is 2. The molecule has 24 heavy (non-hydrogen) atoms. The highest BCUT2D eigenvalue weighted by Gasteiger charge is 2.31. The molecule has 2 N–H and O–H groups in total. The average molecular weight is 329 g/mol. The zero-order chi connectivity index (χ0) is 16.4. The smallest absolute Gasteiger partial charge is 0.233 e. The summed E-state index contributed by atoms with van der Waals surface area (Å²) in [4.78, 5) is 11.1. The van der Waals surface area contributed by atoms with E-state index in [1.54, 1.807) is 6.20 Å². The van der Waals surface area contributed by atoms with Gasteiger partial charge in [0.2, 0.25) is 5.78 Å². The Hall–Kier alpha value is -1.50. The van der Waals surface area contributed by atoms with E-state index in [0.29, 0.717) is 12.1 Å².